The van der Waals surface area contributed by atoms with Crippen molar-refractivity contribution >= 4 is 17.2 Å². The van der Waals surface area contributed by atoms with E-state index < -0.39 is 6.04 Å². The van der Waals surface area contributed by atoms with E-state index >= 15 is 0 Å². The molecule has 0 aliphatic rings. The standard InChI is InChI=1S/C15H18N2OS/c16-14(10-12-4-2-1-3-5-12)15(18)17-8-6-13-7-9-19-11-13/h1-5,7,9,11,14H,6,8,10,16H2,(H,17,18)/t14-/m1/s1. The van der Waals surface area contributed by atoms with Gasteiger partial charge in [-0.25, -0.2) is 0 Å². The number of benzene rings is 1. The highest BCUT2D eigenvalue weighted by Crippen LogP contribution is 2.06. The van der Waals surface area contributed by atoms with Gasteiger partial charge in [0.05, 0.1) is 6.04 Å². The first-order chi connectivity index (χ1) is 9.25. The quantitative estimate of drug-likeness (QED) is 0.846. The molecule has 3 nitrogen and oxygen atoms in total. The number of nitrogens with two attached hydrogens (primary N) is 1. The van der Waals surface area contributed by atoms with Crippen molar-refractivity contribution in [1.82, 2.24) is 5.32 Å². The molecule has 0 fully saturated rings. The lowest BCUT2D eigenvalue weighted by Crippen LogP contribution is -2.42. The molecule has 1 aromatic carbocycles. The second-order valence-corrected chi connectivity index (χ2v) is 5.25. The summed E-state index contributed by atoms with van der Waals surface area (Å²) in [6.07, 6.45) is 1.43. The molecule has 1 atom stereocenters. The monoisotopic (exact) mass is 274 g/mol. The first-order valence-corrected chi connectivity index (χ1v) is 7.28. The Morgan fingerprint density at radius 2 is 2.00 bits per heavy atom. The lowest BCUT2D eigenvalue weighted by molar-refractivity contribution is -0.122. The van der Waals surface area contributed by atoms with Crippen LogP contribution in [0.5, 0.6) is 0 Å². The molecule has 0 aliphatic heterocycles. The largest absolute Gasteiger partial charge is 0.354 e. The van der Waals surface area contributed by atoms with Gasteiger partial charge in [0.1, 0.15) is 0 Å². The van der Waals surface area contributed by atoms with Crippen molar-refractivity contribution in [2.24, 2.45) is 5.73 Å². The van der Waals surface area contributed by atoms with Gasteiger partial charge in [0, 0.05) is 6.54 Å². The molecule has 19 heavy (non-hydrogen) atoms. The molecule has 3 N–H and O–H groups in total. The summed E-state index contributed by atoms with van der Waals surface area (Å²) in [4.78, 5) is 11.8. The Morgan fingerprint density at radius 3 is 2.68 bits per heavy atom. The fourth-order valence-electron chi connectivity index (χ4n) is 1.86. The summed E-state index contributed by atoms with van der Waals surface area (Å²) in [6.45, 7) is 0.637. The molecule has 0 aliphatic carbocycles. The fraction of sp³-hybridized carbons (Fsp3) is 0.267. The highest BCUT2D eigenvalue weighted by molar-refractivity contribution is 7.07. The second kappa shape index (κ2) is 7.07. The molecular formula is C15H18N2OS. The second-order valence-electron chi connectivity index (χ2n) is 4.47. The Balaban J connectivity index is 1.73. The zero-order valence-corrected chi connectivity index (χ0v) is 11.5. The highest BCUT2D eigenvalue weighted by atomic mass is 32.1. The predicted octanol–water partition coefficient (Wildman–Crippen LogP) is 1.98. The van der Waals surface area contributed by atoms with E-state index in [2.05, 4.69) is 16.8 Å². The number of carbonyl (C=O) groups excluding carboxylic acids is 1. The Morgan fingerprint density at radius 1 is 1.21 bits per heavy atom. The van der Waals surface area contributed by atoms with E-state index in [1.54, 1.807) is 11.3 Å². The maximum absolute atomic E-state index is 11.8. The normalized spacial score (nSPS) is 12.1. The number of amides is 1. The molecular weight excluding hydrogens is 256 g/mol. The number of carbonyl (C=O) groups is 1. The van der Waals surface area contributed by atoms with Crippen LogP contribution in [-0.4, -0.2) is 18.5 Å². The molecule has 0 saturated heterocycles. The van der Waals surface area contributed by atoms with Crippen LogP contribution in [-0.2, 0) is 17.6 Å². The number of hydrogen-bond acceptors (Lipinski definition) is 3. The number of nitrogens with one attached hydrogen (secondary N) is 1. The molecule has 2 rings (SSSR count). The van der Waals surface area contributed by atoms with Crippen LogP contribution in [0, 0.1) is 0 Å². The SMILES string of the molecule is N[C@H](Cc1ccccc1)C(=O)NCCc1ccsc1. The molecule has 0 bridgehead atoms. The van der Waals surface area contributed by atoms with Crippen LogP contribution in [0.2, 0.25) is 0 Å². The predicted molar refractivity (Wildman–Crippen MR) is 79.2 cm³/mol. The summed E-state index contributed by atoms with van der Waals surface area (Å²) < 4.78 is 0. The van der Waals surface area contributed by atoms with Gasteiger partial charge in [-0.3, -0.25) is 4.79 Å². The summed E-state index contributed by atoms with van der Waals surface area (Å²) in [6, 6.07) is 11.4. The summed E-state index contributed by atoms with van der Waals surface area (Å²) in [5.74, 6) is -0.0842. The lowest BCUT2D eigenvalue weighted by atomic mass is 10.1. The zero-order valence-electron chi connectivity index (χ0n) is 10.7. The van der Waals surface area contributed by atoms with Crippen LogP contribution in [0.4, 0.5) is 0 Å². The van der Waals surface area contributed by atoms with Gasteiger partial charge < -0.3 is 11.1 Å². The third-order valence-electron chi connectivity index (χ3n) is 2.93. The molecule has 1 amide bonds. The summed E-state index contributed by atoms with van der Waals surface area (Å²) in [7, 11) is 0. The van der Waals surface area contributed by atoms with Gasteiger partial charge in [0.2, 0.25) is 5.91 Å². The van der Waals surface area contributed by atoms with Crippen LogP contribution in [0.3, 0.4) is 0 Å². The number of thiophene rings is 1. The van der Waals surface area contributed by atoms with E-state index in [1.165, 1.54) is 5.56 Å². The van der Waals surface area contributed by atoms with Gasteiger partial charge in [-0.15, -0.1) is 0 Å². The Hall–Kier alpha value is -1.65. The topological polar surface area (TPSA) is 55.1 Å². The number of hydrogen-bond donors (Lipinski definition) is 2. The molecule has 2 aromatic rings. The van der Waals surface area contributed by atoms with Crippen LogP contribution in [0.15, 0.2) is 47.2 Å². The zero-order chi connectivity index (χ0) is 13.5. The van der Waals surface area contributed by atoms with Crippen LogP contribution < -0.4 is 11.1 Å². The van der Waals surface area contributed by atoms with Gasteiger partial charge >= 0.3 is 0 Å². The van der Waals surface area contributed by atoms with Gasteiger partial charge in [-0.1, -0.05) is 30.3 Å². The average molecular weight is 274 g/mol. The number of rotatable bonds is 6. The third kappa shape index (κ3) is 4.50. The molecule has 100 valence electrons. The molecule has 1 heterocycles. The smallest absolute Gasteiger partial charge is 0.237 e. The molecule has 4 heteroatoms. The van der Waals surface area contributed by atoms with Crippen molar-refractivity contribution in [3.8, 4) is 0 Å². The maximum atomic E-state index is 11.8. The molecule has 0 saturated carbocycles. The highest BCUT2D eigenvalue weighted by Gasteiger charge is 2.13. The first-order valence-electron chi connectivity index (χ1n) is 6.34. The van der Waals surface area contributed by atoms with Crippen molar-refractivity contribution < 1.29 is 4.79 Å². The van der Waals surface area contributed by atoms with E-state index in [0.29, 0.717) is 13.0 Å². The summed E-state index contributed by atoms with van der Waals surface area (Å²) in [5.41, 5.74) is 8.24. The Labute approximate surface area is 117 Å². The average Bonchev–Trinajstić information content (AvgIpc) is 2.93. The van der Waals surface area contributed by atoms with Crippen molar-refractivity contribution in [1.29, 1.82) is 0 Å². The molecule has 1 aromatic heterocycles. The van der Waals surface area contributed by atoms with E-state index in [0.717, 1.165) is 12.0 Å². The minimum atomic E-state index is -0.482. The van der Waals surface area contributed by atoms with E-state index in [1.807, 2.05) is 35.7 Å². The molecule has 0 unspecified atom stereocenters. The van der Waals surface area contributed by atoms with E-state index in [4.69, 9.17) is 5.73 Å². The van der Waals surface area contributed by atoms with Crippen molar-refractivity contribution in [3.63, 3.8) is 0 Å². The summed E-state index contributed by atoms with van der Waals surface area (Å²) in [5, 5.41) is 7.01. The third-order valence-corrected chi connectivity index (χ3v) is 3.66. The van der Waals surface area contributed by atoms with Crippen LogP contribution in [0.25, 0.3) is 0 Å². The van der Waals surface area contributed by atoms with Crippen molar-refractivity contribution in [3.05, 3.63) is 58.3 Å². The lowest BCUT2D eigenvalue weighted by Gasteiger charge is -2.12. The fourth-order valence-corrected chi connectivity index (χ4v) is 2.56. The van der Waals surface area contributed by atoms with Gasteiger partial charge in [0.15, 0.2) is 0 Å². The summed E-state index contributed by atoms with van der Waals surface area (Å²) >= 11 is 1.67. The van der Waals surface area contributed by atoms with Crippen LogP contribution in [0.1, 0.15) is 11.1 Å². The molecule has 0 radical (unpaired) electrons. The van der Waals surface area contributed by atoms with E-state index in [9.17, 15) is 4.79 Å². The minimum absolute atomic E-state index is 0.0842. The van der Waals surface area contributed by atoms with Gasteiger partial charge in [-0.2, -0.15) is 11.3 Å². The Kier molecular flexibility index (Phi) is 5.12. The Bertz CT molecular complexity index is 496. The first kappa shape index (κ1) is 13.8. The van der Waals surface area contributed by atoms with Crippen LogP contribution >= 0.6 is 11.3 Å². The minimum Gasteiger partial charge on any atom is -0.354 e. The van der Waals surface area contributed by atoms with Gasteiger partial charge in [0.25, 0.3) is 0 Å². The van der Waals surface area contributed by atoms with Gasteiger partial charge in [-0.05, 0) is 40.8 Å². The van der Waals surface area contributed by atoms with E-state index in [-0.39, 0.29) is 5.91 Å². The maximum Gasteiger partial charge on any atom is 0.237 e. The molecule has 0 spiro atoms. The van der Waals surface area contributed by atoms with Crippen molar-refractivity contribution in [2.45, 2.75) is 18.9 Å². The van der Waals surface area contributed by atoms with Crippen molar-refractivity contribution in [2.75, 3.05) is 6.54 Å².